The van der Waals surface area contributed by atoms with Crippen LogP contribution in [0.15, 0.2) is 24.4 Å². The number of phenols is 1. The number of anilines is 1. The molecule has 5 nitrogen and oxygen atoms in total. The summed E-state index contributed by atoms with van der Waals surface area (Å²) in [6.07, 6.45) is 1.83. The third kappa shape index (κ3) is 3.36. The molecule has 110 valence electrons. The van der Waals surface area contributed by atoms with Gasteiger partial charge in [-0.15, -0.1) is 12.4 Å². The SMILES string of the molecule is CCn1ncc(NCc2ccc(O)c(OC)c2)c1C.Cl. The number of hydrogen-bond acceptors (Lipinski definition) is 4. The molecule has 0 aliphatic rings. The lowest BCUT2D eigenvalue weighted by molar-refractivity contribution is 0.373. The average Bonchev–Trinajstić information content (AvgIpc) is 2.78. The minimum absolute atomic E-state index is 0. The first-order valence-corrected chi connectivity index (χ1v) is 6.27. The fraction of sp³-hybridized carbons (Fsp3) is 0.357. The molecular weight excluding hydrogens is 278 g/mol. The van der Waals surface area contributed by atoms with Gasteiger partial charge in [0.2, 0.25) is 0 Å². The summed E-state index contributed by atoms with van der Waals surface area (Å²) in [5.74, 6) is 0.640. The number of aromatic nitrogens is 2. The second-order valence-corrected chi connectivity index (χ2v) is 4.32. The number of nitrogens with one attached hydrogen (secondary N) is 1. The Morgan fingerprint density at radius 3 is 2.75 bits per heavy atom. The Morgan fingerprint density at radius 1 is 1.40 bits per heavy atom. The first-order chi connectivity index (χ1) is 9.15. The van der Waals surface area contributed by atoms with Gasteiger partial charge in [0.1, 0.15) is 0 Å². The van der Waals surface area contributed by atoms with Crippen LogP contribution >= 0.6 is 12.4 Å². The van der Waals surface area contributed by atoms with Crippen molar-refractivity contribution in [1.82, 2.24) is 9.78 Å². The first kappa shape index (κ1) is 16.2. The maximum atomic E-state index is 9.54. The normalized spacial score (nSPS) is 9.95. The topological polar surface area (TPSA) is 59.3 Å². The van der Waals surface area contributed by atoms with Crippen molar-refractivity contribution < 1.29 is 9.84 Å². The van der Waals surface area contributed by atoms with E-state index in [0.29, 0.717) is 12.3 Å². The number of aromatic hydroxyl groups is 1. The van der Waals surface area contributed by atoms with Gasteiger partial charge in [0.05, 0.1) is 24.7 Å². The Labute approximate surface area is 125 Å². The number of ether oxygens (including phenoxy) is 1. The van der Waals surface area contributed by atoms with Crippen LogP contribution in [0.2, 0.25) is 0 Å². The van der Waals surface area contributed by atoms with Crippen LogP contribution < -0.4 is 10.1 Å². The third-order valence-corrected chi connectivity index (χ3v) is 3.13. The van der Waals surface area contributed by atoms with Crippen molar-refractivity contribution in [3.8, 4) is 11.5 Å². The van der Waals surface area contributed by atoms with Crippen molar-refractivity contribution in [1.29, 1.82) is 0 Å². The van der Waals surface area contributed by atoms with E-state index < -0.39 is 0 Å². The molecule has 20 heavy (non-hydrogen) atoms. The highest BCUT2D eigenvalue weighted by molar-refractivity contribution is 5.85. The van der Waals surface area contributed by atoms with Gasteiger partial charge in [0, 0.05) is 13.1 Å². The lowest BCUT2D eigenvalue weighted by Crippen LogP contribution is -2.02. The number of nitrogens with zero attached hydrogens (tertiary/aromatic N) is 2. The Bertz CT molecular complexity index is 570. The maximum Gasteiger partial charge on any atom is 0.160 e. The highest BCUT2D eigenvalue weighted by Crippen LogP contribution is 2.26. The van der Waals surface area contributed by atoms with E-state index in [1.54, 1.807) is 13.2 Å². The molecule has 6 heteroatoms. The molecule has 0 fully saturated rings. The standard InChI is InChI=1S/C14H19N3O2.ClH/c1-4-17-10(2)12(9-16-17)15-8-11-5-6-13(18)14(7-11)19-3;/h5-7,9,15,18H,4,8H2,1-3H3;1H. The Morgan fingerprint density at radius 2 is 2.15 bits per heavy atom. The van der Waals surface area contributed by atoms with Crippen LogP contribution in [0, 0.1) is 6.92 Å². The van der Waals surface area contributed by atoms with Gasteiger partial charge in [-0.1, -0.05) is 6.07 Å². The van der Waals surface area contributed by atoms with E-state index in [0.717, 1.165) is 23.5 Å². The van der Waals surface area contributed by atoms with Gasteiger partial charge in [-0.05, 0) is 31.5 Å². The molecule has 2 rings (SSSR count). The predicted octanol–water partition coefficient (Wildman–Crippen LogP) is 2.96. The summed E-state index contributed by atoms with van der Waals surface area (Å²) in [7, 11) is 1.54. The summed E-state index contributed by atoms with van der Waals surface area (Å²) in [4.78, 5) is 0. The summed E-state index contributed by atoms with van der Waals surface area (Å²) in [6.45, 7) is 5.62. The van der Waals surface area contributed by atoms with E-state index in [1.165, 1.54) is 0 Å². The maximum absolute atomic E-state index is 9.54. The van der Waals surface area contributed by atoms with Crippen molar-refractivity contribution in [2.75, 3.05) is 12.4 Å². The van der Waals surface area contributed by atoms with Crippen LogP contribution in [0.4, 0.5) is 5.69 Å². The van der Waals surface area contributed by atoms with Gasteiger partial charge in [0.25, 0.3) is 0 Å². The van der Waals surface area contributed by atoms with Gasteiger partial charge < -0.3 is 15.2 Å². The molecule has 0 aliphatic carbocycles. The van der Waals surface area contributed by atoms with Crippen LogP contribution in [0.5, 0.6) is 11.5 Å². The van der Waals surface area contributed by atoms with Gasteiger partial charge in [-0.25, -0.2) is 0 Å². The van der Waals surface area contributed by atoms with Crippen molar-refractivity contribution in [3.63, 3.8) is 0 Å². The van der Waals surface area contributed by atoms with E-state index in [4.69, 9.17) is 4.74 Å². The van der Waals surface area contributed by atoms with E-state index in [9.17, 15) is 5.11 Å². The third-order valence-electron chi connectivity index (χ3n) is 3.13. The number of rotatable bonds is 5. The molecule has 1 aromatic carbocycles. The van der Waals surface area contributed by atoms with E-state index in [1.807, 2.05) is 29.9 Å². The van der Waals surface area contributed by atoms with Gasteiger partial charge >= 0.3 is 0 Å². The summed E-state index contributed by atoms with van der Waals surface area (Å²) < 4.78 is 7.03. The number of halogens is 1. The molecule has 2 aromatic rings. The average molecular weight is 298 g/mol. The second-order valence-electron chi connectivity index (χ2n) is 4.32. The predicted molar refractivity (Wildman–Crippen MR) is 81.9 cm³/mol. The minimum atomic E-state index is 0. The number of hydrogen-bond donors (Lipinski definition) is 2. The van der Waals surface area contributed by atoms with E-state index >= 15 is 0 Å². The largest absolute Gasteiger partial charge is 0.504 e. The van der Waals surface area contributed by atoms with Crippen molar-refractivity contribution in [2.45, 2.75) is 26.9 Å². The van der Waals surface area contributed by atoms with E-state index in [2.05, 4.69) is 17.3 Å². The lowest BCUT2D eigenvalue weighted by atomic mass is 10.2. The second kappa shape index (κ2) is 7.05. The zero-order valence-corrected chi connectivity index (χ0v) is 12.7. The minimum Gasteiger partial charge on any atom is -0.504 e. The highest BCUT2D eigenvalue weighted by atomic mass is 35.5. The number of methoxy groups -OCH3 is 1. The number of phenolic OH excluding ortho intramolecular Hbond substituents is 1. The first-order valence-electron chi connectivity index (χ1n) is 6.27. The van der Waals surface area contributed by atoms with E-state index in [-0.39, 0.29) is 18.2 Å². The molecule has 0 saturated heterocycles. The fourth-order valence-electron chi connectivity index (χ4n) is 1.97. The van der Waals surface area contributed by atoms with Gasteiger partial charge in [-0.3, -0.25) is 4.68 Å². The Kier molecular flexibility index (Phi) is 5.70. The number of aryl methyl sites for hydroxylation is 1. The lowest BCUT2D eigenvalue weighted by Gasteiger charge is -2.09. The van der Waals surface area contributed by atoms with Crippen LogP contribution in [0.1, 0.15) is 18.2 Å². The zero-order valence-electron chi connectivity index (χ0n) is 11.9. The molecular formula is C14H20ClN3O2. The summed E-state index contributed by atoms with van der Waals surface area (Å²) in [5.41, 5.74) is 3.18. The molecule has 0 amide bonds. The molecule has 0 atom stereocenters. The van der Waals surface area contributed by atoms with Crippen molar-refractivity contribution in [3.05, 3.63) is 35.7 Å². The number of benzene rings is 1. The Hall–Kier alpha value is -1.88. The van der Waals surface area contributed by atoms with Crippen LogP contribution in [0.3, 0.4) is 0 Å². The van der Waals surface area contributed by atoms with Crippen molar-refractivity contribution >= 4 is 18.1 Å². The monoisotopic (exact) mass is 297 g/mol. The molecule has 0 saturated carbocycles. The molecule has 0 aliphatic heterocycles. The van der Waals surface area contributed by atoms with Gasteiger partial charge in [-0.2, -0.15) is 5.10 Å². The molecule has 0 unspecified atom stereocenters. The molecule has 1 aromatic heterocycles. The summed E-state index contributed by atoms with van der Waals surface area (Å²) in [6, 6.07) is 5.32. The van der Waals surface area contributed by atoms with Crippen LogP contribution in [-0.4, -0.2) is 22.0 Å². The molecule has 1 heterocycles. The molecule has 2 N–H and O–H groups in total. The quantitative estimate of drug-likeness (QED) is 0.891. The molecule has 0 radical (unpaired) electrons. The van der Waals surface area contributed by atoms with Gasteiger partial charge in [0.15, 0.2) is 11.5 Å². The van der Waals surface area contributed by atoms with Crippen molar-refractivity contribution in [2.24, 2.45) is 0 Å². The van der Waals surface area contributed by atoms with Crippen LogP contribution in [-0.2, 0) is 13.1 Å². The summed E-state index contributed by atoms with van der Waals surface area (Å²) in [5, 5.41) is 17.2. The zero-order chi connectivity index (χ0) is 13.8. The molecule has 0 spiro atoms. The molecule has 0 bridgehead atoms. The Balaban J connectivity index is 0.00000200. The highest BCUT2D eigenvalue weighted by Gasteiger charge is 2.06. The van der Waals surface area contributed by atoms with Crippen LogP contribution in [0.25, 0.3) is 0 Å². The fourth-order valence-corrected chi connectivity index (χ4v) is 1.97. The smallest absolute Gasteiger partial charge is 0.160 e. The summed E-state index contributed by atoms with van der Waals surface area (Å²) >= 11 is 0.